The summed E-state index contributed by atoms with van der Waals surface area (Å²) in [6.45, 7) is 1.43. The number of thiophene rings is 1. The minimum atomic E-state index is -3.54. The van der Waals surface area contributed by atoms with Crippen LogP contribution in [0.4, 0.5) is 0 Å². The second kappa shape index (κ2) is 8.33. The van der Waals surface area contributed by atoms with Gasteiger partial charge in [0.15, 0.2) is 17.6 Å². The number of amides is 1. The Morgan fingerprint density at radius 1 is 1.24 bits per heavy atom. The lowest BCUT2D eigenvalue weighted by Gasteiger charge is -2.34. The zero-order chi connectivity index (χ0) is 20.4. The lowest BCUT2D eigenvalue weighted by atomic mass is 9.98. The fourth-order valence-electron chi connectivity index (χ4n) is 3.76. The van der Waals surface area contributed by atoms with E-state index in [-0.39, 0.29) is 24.5 Å². The van der Waals surface area contributed by atoms with Crippen LogP contribution in [0, 0.1) is 5.92 Å². The van der Waals surface area contributed by atoms with Crippen molar-refractivity contribution in [3.05, 3.63) is 41.8 Å². The fourth-order valence-corrected chi connectivity index (χ4v) is 6.43. The van der Waals surface area contributed by atoms with Crippen LogP contribution in [0.2, 0.25) is 0 Å². The van der Waals surface area contributed by atoms with Crippen LogP contribution in [0.15, 0.2) is 46.0 Å². The van der Waals surface area contributed by atoms with Gasteiger partial charge in [0.1, 0.15) is 10.8 Å². The number of hydrogen-bond donors (Lipinski definition) is 0. The van der Waals surface area contributed by atoms with Gasteiger partial charge in [-0.1, -0.05) is 18.2 Å². The standard InChI is InChI=1S/C20H24N2O5S2/c1-21(13-16-14-26-17-7-2-3-8-18(17)27-16)20(23)15-6-4-10-22(12-15)29(24,25)19-9-5-11-28-19/h2-3,5,7-9,11,15-16H,4,6,10,12-14H2,1H3/t15-,16+/m1/s1. The van der Waals surface area contributed by atoms with E-state index in [4.69, 9.17) is 9.47 Å². The summed E-state index contributed by atoms with van der Waals surface area (Å²) in [5, 5.41) is 1.75. The molecular formula is C20H24N2O5S2. The van der Waals surface area contributed by atoms with E-state index in [2.05, 4.69) is 0 Å². The van der Waals surface area contributed by atoms with Crippen LogP contribution >= 0.6 is 11.3 Å². The highest BCUT2D eigenvalue weighted by molar-refractivity contribution is 7.91. The van der Waals surface area contributed by atoms with Gasteiger partial charge in [-0.25, -0.2) is 8.42 Å². The topological polar surface area (TPSA) is 76.2 Å². The number of carbonyl (C=O) groups is 1. The molecule has 0 radical (unpaired) electrons. The first-order valence-corrected chi connectivity index (χ1v) is 11.9. The number of hydrogen-bond acceptors (Lipinski definition) is 6. The van der Waals surface area contributed by atoms with Crippen molar-refractivity contribution in [1.29, 1.82) is 0 Å². The third-order valence-electron chi connectivity index (χ3n) is 5.24. The van der Waals surface area contributed by atoms with Gasteiger partial charge in [0, 0.05) is 20.1 Å². The molecule has 1 aromatic carbocycles. The number of nitrogens with zero attached hydrogens (tertiary/aromatic N) is 2. The minimum Gasteiger partial charge on any atom is -0.486 e. The average molecular weight is 437 g/mol. The Balaban J connectivity index is 1.38. The highest BCUT2D eigenvalue weighted by atomic mass is 32.2. The molecule has 0 aliphatic carbocycles. The largest absolute Gasteiger partial charge is 0.486 e. The van der Waals surface area contributed by atoms with Crippen molar-refractivity contribution in [2.45, 2.75) is 23.2 Å². The maximum Gasteiger partial charge on any atom is 0.252 e. The van der Waals surface area contributed by atoms with E-state index < -0.39 is 10.0 Å². The van der Waals surface area contributed by atoms with Crippen molar-refractivity contribution in [1.82, 2.24) is 9.21 Å². The second-order valence-corrected chi connectivity index (χ2v) is 10.5. The zero-order valence-electron chi connectivity index (χ0n) is 16.2. The molecule has 0 N–H and O–H groups in total. The molecule has 9 heteroatoms. The number of sulfonamides is 1. The van der Waals surface area contributed by atoms with Crippen LogP contribution in [0.25, 0.3) is 0 Å². The van der Waals surface area contributed by atoms with E-state index in [1.807, 2.05) is 24.3 Å². The van der Waals surface area contributed by atoms with E-state index in [0.29, 0.717) is 48.2 Å². The zero-order valence-corrected chi connectivity index (χ0v) is 17.8. The molecule has 7 nitrogen and oxygen atoms in total. The summed E-state index contributed by atoms with van der Waals surface area (Å²) in [6.07, 6.45) is 1.10. The van der Waals surface area contributed by atoms with Gasteiger partial charge in [-0.15, -0.1) is 11.3 Å². The van der Waals surface area contributed by atoms with Gasteiger partial charge in [-0.2, -0.15) is 4.31 Å². The second-order valence-electron chi connectivity index (χ2n) is 7.35. The lowest BCUT2D eigenvalue weighted by Crippen LogP contribution is -2.48. The summed E-state index contributed by atoms with van der Waals surface area (Å²) in [5.41, 5.74) is 0. The number of para-hydroxylation sites is 2. The average Bonchev–Trinajstić information content (AvgIpc) is 3.29. The molecule has 1 aromatic heterocycles. The highest BCUT2D eigenvalue weighted by Crippen LogP contribution is 2.31. The number of carbonyl (C=O) groups excluding carboxylic acids is 1. The molecule has 1 saturated heterocycles. The summed E-state index contributed by atoms with van der Waals surface area (Å²) >= 11 is 1.20. The summed E-state index contributed by atoms with van der Waals surface area (Å²) in [5.74, 6) is 0.980. The Morgan fingerprint density at radius 2 is 2.03 bits per heavy atom. The first-order valence-electron chi connectivity index (χ1n) is 9.62. The van der Waals surface area contributed by atoms with Gasteiger partial charge in [0.25, 0.3) is 10.0 Å². The van der Waals surface area contributed by atoms with Crippen molar-refractivity contribution in [3.63, 3.8) is 0 Å². The van der Waals surface area contributed by atoms with Gasteiger partial charge >= 0.3 is 0 Å². The normalized spacial score (nSPS) is 22.2. The van der Waals surface area contributed by atoms with Crippen LogP contribution in [0.5, 0.6) is 11.5 Å². The summed E-state index contributed by atoms with van der Waals surface area (Å²) in [4.78, 5) is 14.6. The van der Waals surface area contributed by atoms with E-state index in [0.717, 1.165) is 0 Å². The molecule has 0 saturated carbocycles. The Morgan fingerprint density at radius 3 is 2.79 bits per heavy atom. The molecule has 0 spiro atoms. The molecule has 2 aromatic rings. The first-order chi connectivity index (χ1) is 13.9. The molecule has 0 bridgehead atoms. The monoisotopic (exact) mass is 436 g/mol. The molecule has 3 heterocycles. The minimum absolute atomic E-state index is 0.0569. The predicted molar refractivity (Wildman–Crippen MR) is 110 cm³/mol. The number of likely N-dealkylation sites (N-methyl/N-ethyl adjacent to an activating group) is 1. The van der Waals surface area contributed by atoms with Crippen molar-refractivity contribution >= 4 is 27.3 Å². The Labute approximate surface area is 174 Å². The highest BCUT2D eigenvalue weighted by Gasteiger charge is 2.35. The lowest BCUT2D eigenvalue weighted by molar-refractivity contribution is -0.136. The Bertz CT molecular complexity index is 961. The smallest absolute Gasteiger partial charge is 0.252 e. The van der Waals surface area contributed by atoms with Crippen molar-refractivity contribution < 1.29 is 22.7 Å². The van der Waals surface area contributed by atoms with Crippen LogP contribution < -0.4 is 9.47 Å². The van der Waals surface area contributed by atoms with Gasteiger partial charge < -0.3 is 14.4 Å². The van der Waals surface area contributed by atoms with Crippen LogP contribution in [0.3, 0.4) is 0 Å². The van der Waals surface area contributed by atoms with E-state index in [9.17, 15) is 13.2 Å². The fraction of sp³-hybridized carbons (Fsp3) is 0.450. The maximum atomic E-state index is 13.0. The molecule has 2 aliphatic rings. The molecule has 29 heavy (non-hydrogen) atoms. The Hall–Kier alpha value is -2.10. The number of fused-ring (bicyclic) bond motifs is 1. The molecule has 2 aliphatic heterocycles. The number of rotatable bonds is 5. The summed E-state index contributed by atoms with van der Waals surface area (Å²) in [6, 6.07) is 10.8. The molecular weight excluding hydrogens is 412 g/mol. The Kier molecular flexibility index (Phi) is 5.80. The molecule has 2 atom stereocenters. The van der Waals surface area contributed by atoms with Crippen molar-refractivity contribution in [2.24, 2.45) is 5.92 Å². The van der Waals surface area contributed by atoms with Crippen LogP contribution in [-0.4, -0.2) is 62.9 Å². The van der Waals surface area contributed by atoms with E-state index >= 15 is 0 Å². The van der Waals surface area contributed by atoms with E-state index in [1.165, 1.54) is 15.6 Å². The summed E-state index contributed by atoms with van der Waals surface area (Å²) < 4.78 is 39.0. The van der Waals surface area contributed by atoms with Crippen LogP contribution in [-0.2, 0) is 14.8 Å². The van der Waals surface area contributed by atoms with Gasteiger partial charge in [0.05, 0.1) is 12.5 Å². The molecule has 1 fully saturated rings. The van der Waals surface area contributed by atoms with Crippen molar-refractivity contribution in [2.75, 3.05) is 33.3 Å². The summed E-state index contributed by atoms with van der Waals surface area (Å²) in [7, 11) is -1.80. The van der Waals surface area contributed by atoms with Crippen molar-refractivity contribution in [3.8, 4) is 11.5 Å². The number of ether oxygens (including phenoxy) is 2. The molecule has 156 valence electrons. The van der Waals surface area contributed by atoms with Crippen LogP contribution in [0.1, 0.15) is 12.8 Å². The third kappa shape index (κ3) is 4.26. The SMILES string of the molecule is CN(C[C@H]1COc2ccccc2O1)C(=O)[C@@H]1CCCN(S(=O)(=O)c2cccs2)C1. The molecule has 1 amide bonds. The molecule has 4 rings (SSSR count). The number of piperidine rings is 1. The first kappa shape index (κ1) is 20.2. The third-order valence-corrected chi connectivity index (χ3v) is 8.48. The maximum absolute atomic E-state index is 13.0. The predicted octanol–water partition coefficient (Wildman–Crippen LogP) is 2.45. The van der Waals surface area contributed by atoms with Gasteiger partial charge in [0.2, 0.25) is 5.91 Å². The van der Waals surface area contributed by atoms with Gasteiger partial charge in [-0.05, 0) is 36.4 Å². The van der Waals surface area contributed by atoms with Gasteiger partial charge in [-0.3, -0.25) is 4.79 Å². The molecule has 0 unspecified atom stereocenters. The quantitative estimate of drug-likeness (QED) is 0.720. The van der Waals surface area contributed by atoms with E-state index in [1.54, 1.807) is 29.5 Å². The number of benzene rings is 1.